The van der Waals surface area contributed by atoms with Gasteiger partial charge in [0.15, 0.2) is 5.82 Å². The van der Waals surface area contributed by atoms with Crippen LogP contribution in [0.15, 0.2) is 28.8 Å². The molecule has 32 heavy (non-hydrogen) atoms. The number of halogens is 2. The fourth-order valence-corrected chi connectivity index (χ4v) is 4.19. The first-order valence-electron chi connectivity index (χ1n) is 10.3. The Morgan fingerprint density at radius 1 is 1.28 bits per heavy atom. The zero-order chi connectivity index (χ0) is 23.2. The predicted molar refractivity (Wildman–Crippen MR) is 113 cm³/mol. The molecule has 2 fully saturated rings. The minimum Gasteiger partial charge on any atom is -0.477 e. The number of nitrogens with one attached hydrogen (secondary N) is 1. The Bertz CT molecular complexity index is 1200. The van der Waals surface area contributed by atoms with Crippen LogP contribution in [0.5, 0.6) is 0 Å². The summed E-state index contributed by atoms with van der Waals surface area (Å²) in [5, 5.41) is 12.2. The number of rotatable bonds is 6. The number of allylic oxidation sites excluding steroid dienone is 1. The highest BCUT2D eigenvalue weighted by Crippen LogP contribution is 2.40. The van der Waals surface area contributed by atoms with E-state index in [0.717, 1.165) is 25.1 Å². The molecule has 170 valence electrons. The van der Waals surface area contributed by atoms with Gasteiger partial charge in [-0.3, -0.25) is 4.79 Å². The first-order chi connectivity index (χ1) is 15.2. The van der Waals surface area contributed by atoms with Gasteiger partial charge < -0.3 is 24.6 Å². The van der Waals surface area contributed by atoms with E-state index in [1.165, 1.54) is 17.8 Å². The van der Waals surface area contributed by atoms with Crippen molar-refractivity contribution in [3.05, 3.63) is 51.5 Å². The number of methoxy groups -OCH3 is 1. The molecule has 0 amide bonds. The Hall–Kier alpha value is -3.43. The number of ether oxygens (including phenoxy) is 1. The lowest BCUT2D eigenvalue weighted by atomic mass is 10.1. The van der Waals surface area contributed by atoms with Crippen LogP contribution in [0, 0.1) is 11.6 Å². The number of hydrogen-bond donors (Lipinski definition) is 2. The molecule has 4 rings (SSSR count). The molecule has 1 unspecified atom stereocenters. The molecule has 2 aromatic rings. The van der Waals surface area contributed by atoms with Crippen LogP contribution in [0.25, 0.3) is 10.9 Å². The highest BCUT2D eigenvalue weighted by atomic mass is 19.1. The van der Waals surface area contributed by atoms with E-state index in [1.54, 1.807) is 11.8 Å². The zero-order valence-electron chi connectivity index (χ0n) is 17.7. The van der Waals surface area contributed by atoms with E-state index < -0.39 is 34.6 Å². The Morgan fingerprint density at radius 3 is 2.62 bits per heavy atom. The normalized spacial score (nSPS) is 18.8. The van der Waals surface area contributed by atoms with Crippen molar-refractivity contribution < 1.29 is 28.2 Å². The van der Waals surface area contributed by atoms with Crippen LogP contribution >= 0.6 is 0 Å². The van der Waals surface area contributed by atoms with Gasteiger partial charge in [0, 0.05) is 43.1 Å². The molecule has 0 bridgehead atoms. The van der Waals surface area contributed by atoms with Crippen LogP contribution < -0.4 is 15.6 Å². The number of benzene rings is 1. The van der Waals surface area contributed by atoms with E-state index in [2.05, 4.69) is 10.1 Å². The summed E-state index contributed by atoms with van der Waals surface area (Å²) < 4.78 is 36.7. The van der Waals surface area contributed by atoms with E-state index in [1.807, 2.05) is 0 Å². The van der Waals surface area contributed by atoms with Crippen molar-refractivity contribution in [2.75, 3.05) is 25.1 Å². The molecule has 2 N–H and O–H groups in total. The number of carboxylic acid groups (broad SMARTS) is 1. The summed E-state index contributed by atoms with van der Waals surface area (Å²) in [6.07, 6.45) is 4.49. The molecule has 1 aliphatic heterocycles. The summed E-state index contributed by atoms with van der Waals surface area (Å²) in [4.78, 5) is 37.0. The van der Waals surface area contributed by atoms with Crippen molar-refractivity contribution in [1.29, 1.82) is 0 Å². The molecule has 1 aromatic carbocycles. The Labute approximate surface area is 182 Å². The smallest absolute Gasteiger partial charge is 0.341 e. The second-order valence-corrected chi connectivity index (χ2v) is 8.16. The van der Waals surface area contributed by atoms with E-state index in [-0.39, 0.29) is 35.2 Å². The fraction of sp³-hybridized carbons (Fsp3) is 0.409. The highest BCUT2D eigenvalue weighted by molar-refractivity contribution is 5.94. The molecule has 2 heterocycles. The van der Waals surface area contributed by atoms with E-state index >= 15 is 8.78 Å². The van der Waals surface area contributed by atoms with Gasteiger partial charge >= 0.3 is 11.9 Å². The van der Waals surface area contributed by atoms with Gasteiger partial charge in [-0.15, -0.1) is 0 Å². The molecule has 2 aliphatic rings. The SMILES string of the molecule is COC(=O)C=C(C)NC1CCN(c2c(F)cc3c(=O)c(C(=O)O)cn(C4CC4)c3c2F)C1. The van der Waals surface area contributed by atoms with Crippen LogP contribution in [-0.2, 0) is 9.53 Å². The third kappa shape index (κ3) is 3.92. The average Bonchev–Trinajstić information content (AvgIpc) is 3.48. The van der Waals surface area contributed by atoms with Gasteiger partial charge in [0.25, 0.3) is 0 Å². The number of hydrogen-bond acceptors (Lipinski definition) is 6. The van der Waals surface area contributed by atoms with E-state index in [4.69, 9.17) is 0 Å². The third-order valence-electron chi connectivity index (χ3n) is 5.83. The number of carbonyl (C=O) groups is 2. The lowest BCUT2D eigenvalue weighted by molar-refractivity contribution is -0.134. The minimum atomic E-state index is -1.43. The van der Waals surface area contributed by atoms with Gasteiger partial charge in [-0.2, -0.15) is 0 Å². The van der Waals surface area contributed by atoms with Crippen molar-refractivity contribution in [3.63, 3.8) is 0 Å². The van der Waals surface area contributed by atoms with Gasteiger partial charge in [-0.25, -0.2) is 18.4 Å². The largest absolute Gasteiger partial charge is 0.477 e. The number of pyridine rings is 1. The second kappa shape index (κ2) is 8.25. The van der Waals surface area contributed by atoms with Crippen molar-refractivity contribution in [3.8, 4) is 0 Å². The highest BCUT2D eigenvalue weighted by Gasteiger charge is 2.33. The first-order valence-corrected chi connectivity index (χ1v) is 10.3. The summed E-state index contributed by atoms with van der Waals surface area (Å²) in [5.41, 5.74) is -1.15. The van der Waals surface area contributed by atoms with Gasteiger partial charge in [-0.1, -0.05) is 0 Å². The summed E-state index contributed by atoms with van der Waals surface area (Å²) in [7, 11) is 1.27. The van der Waals surface area contributed by atoms with Gasteiger partial charge in [0.2, 0.25) is 5.43 Å². The molecule has 1 saturated carbocycles. The van der Waals surface area contributed by atoms with Crippen LogP contribution in [0.3, 0.4) is 0 Å². The molecular formula is C22H23F2N3O5. The summed E-state index contributed by atoms with van der Waals surface area (Å²) >= 11 is 0. The number of aromatic nitrogens is 1. The Kier molecular flexibility index (Phi) is 5.62. The molecule has 8 nitrogen and oxygen atoms in total. The maximum atomic E-state index is 15.7. The maximum Gasteiger partial charge on any atom is 0.341 e. The van der Waals surface area contributed by atoms with Crippen LogP contribution in [0.4, 0.5) is 14.5 Å². The molecule has 1 aliphatic carbocycles. The number of nitrogens with zero attached hydrogens (tertiary/aromatic N) is 2. The molecule has 10 heteroatoms. The van der Waals surface area contributed by atoms with Crippen molar-refractivity contribution in [2.45, 2.75) is 38.3 Å². The van der Waals surface area contributed by atoms with E-state index in [0.29, 0.717) is 18.7 Å². The van der Waals surface area contributed by atoms with Gasteiger partial charge in [-0.05, 0) is 32.3 Å². The number of esters is 1. The van der Waals surface area contributed by atoms with Crippen LogP contribution in [-0.4, -0.2) is 47.9 Å². The maximum absolute atomic E-state index is 15.7. The lowest BCUT2D eigenvalue weighted by Crippen LogP contribution is -2.32. The molecule has 0 spiro atoms. The quantitative estimate of drug-likeness (QED) is 0.519. The number of carboxylic acids is 1. The van der Waals surface area contributed by atoms with Gasteiger partial charge in [0.05, 0.1) is 18.0 Å². The van der Waals surface area contributed by atoms with Crippen molar-refractivity contribution >= 4 is 28.5 Å². The Morgan fingerprint density at radius 2 is 2.00 bits per heavy atom. The monoisotopic (exact) mass is 447 g/mol. The van der Waals surface area contributed by atoms with Crippen molar-refractivity contribution in [1.82, 2.24) is 9.88 Å². The predicted octanol–water partition coefficient (Wildman–Crippen LogP) is 2.56. The molecule has 1 atom stereocenters. The number of aromatic carboxylic acids is 1. The second-order valence-electron chi connectivity index (χ2n) is 8.16. The molecule has 1 saturated heterocycles. The minimum absolute atomic E-state index is 0.0722. The number of anilines is 1. The zero-order valence-corrected chi connectivity index (χ0v) is 17.7. The number of carbonyl (C=O) groups excluding carboxylic acids is 1. The Balaban J connectivity index is 1.72. The van der Waals surface area contributed by atoms with E-state index in [9.17, 15) is 19.5 Å². The average molecular weight is 447 g/mol. The number of fused-ring (bicyclic) bond motifs is 1. The van der Waals surface area contributed by atoms with Crippen molar-refractivity contribution in [2.24, 2.45) is 0 Å². The van der Waals surface area contributed by atoms with Gasteiger partial charge in [0.1, 0.15) is 17.1 Å². The fourth-order valence-electron chi connectivity index (χ4n) is 4.19. The van der Waals surface area contributed by atoms with Crippen LogP contribution in [0.1, 0.15) is 42.6 Å². The molecule has 1 aromatic heterocycles. The third-order valence-corrected chi connectivity index (χ3v) is 5.83. The van der Waals surface area contributed by atoms with Crippen LogP contribution in [0.2, 0.25) is 0 Å². The first kappa shape index (κ1) is 21.8. The lowest BCUT2D eigenvalue weighted by Gasteiger charge is -2.23. The summed E-state index contributed by atoms with van der Waals surface area (Å²) in [5.74, 6) is -3.72. The molecule has 0 radical (unpaired) electrons. The topological polar surface area (TPSA) is 101 Å². The summed E-state index contributed by atoms with van der Waals surface area (Å²) in [6.45, 7) is 2.35. The summed E-state index contributed by atoms with van der Waals surface area (Å²) in [6, 6.07) is 0.665. The molecular weight excluding hydrogens is 424 g/mol. The standard InChI is InChI=1S/C22H23F2N3O5/c1-11(7-17(28)32-2)25-12-5-6-26(9-12)20-16(23)8-14-19(18(20)24)27(13-3-4-13)10-15(21(14)29)22(30)31/h7-8,10,12-13,25H,3-6,9H2,1-2H3,(H,30,31).